The van der Waals surface area contributed by atoms with Crippen molar-refractivity contribution in [1.82, 2.24) is 5.48 Å². The predicted molar refractivity (Wildman–Crippen MR) is 73.9 cm³/mol. The molecule has 98 valence electrons. The van der Waals surface area contributed by atoms with E-state index < -0.39 is 17.7 Å². The summed E-state index contributed by atoms with van der Waals surface area (Å²) in [5, 5.41) is 0. The highest BCUT2D eigenvalue weighted by molar-refractivity contribution is 14.1. The molecule has 1 amide bonds. The Balaban J connectivity index is 2.52. The summed E-state index contributed by atoms with van der Waals surface area (Å²) in [5.74, 6) is -0.633. The Morgan fingerprint density at radius 1 is 1.22 bits per heavy atom. The van der Waals surface area contributed by atoms with Crippen molar-refractivity contribution >= 4 is 34.7 Å². The number of amides is 1. The van der Waals surface area contributed by atoms with Gasteiger partial charge in [0.2, 0.25) is 0 Å². The van der Waals surface area contributed by atoms with Crippen molar-refractivity contribution in [2.45, 2.75) is 26.4 Å². The fourth-order valence-electron chi connectivity index (χ4n) is 1.07. The first-order valence-corrected chi connectivity index (χ1v) is 6.32. The van der Waals surface area contributed by atoms with Gasteiger partial charge in [0.15, 0.2) is 0 Å². The number of hydrogen-bond acceptors (Lipinski definition) is 4. The molecule has 5 nitrogen and oxygen atoms in total. The van der Waals surface area contributed by atoms with Gasteiger partial charge in [0.1, 0.15) is 5.60 Å². The maximum Gasteiger partial charge on any atom is 0.441 e. The Morgan fingerprint density at radius 3 is 2.39 bits per heavy atom. The predicted octanol–water partition coefficient (Wildman–Crippen LogP) is 2.89. The maximum atomic E-state index is 11.6. The number of hydroxylamine groups is 1. The lowest BCUT2D eigenvalue weighted by molar-refractivity contribution is -0.00136. The second kappa shape index (κ2) is 6.03. The van der Waals surface area contributed by atoms with Crippen LogP contribution in [-0.4, -0.2) is 17.7 Å². The molecule has 1 rings (SSSR count). The fraction of sp³-hybridized carbons (Fsp3) is 0.333. The van der Waals surface area contributed by atoms with E-state index in [0.717, 1.165) is 3.57 Å². The lowest BCUT2D eigenvalue weighted by Crippen LogP contribution is -2.34. The largest absolute Gasteiger partial charge is 0.442 e. The van der Waals surface area contributed by atoms with E-state index in [0.29, 0.717) is 5.56 Å². The number of carbonyl (C=O) groups excluding carboxylic acids is 2. The first-order valence-electron chi connectivity index (χ1n) is 5.24. The summed E-state index contributed by atoms with van der Waals surface area (Å²) >= 11 is 2.01. The summed E-state index contributed by atoms with van der Waals surface area (Å²) < 4.78 is 5.67. The number of hydrogen-bond donors (Lipinski definition) is 1. The van der Waals surface area contributed by atoms with E-state index in [-0.39, 0.29) is 0 Å². The van der Waals surface area contributed by atoms with Crippen LogP contribution in [0.5, 0.6) is 0 Å². The van der Waals surface area contributed by atoms with Gasteiger partial charge in [-0.15, -0.1) is 5.48 Å². The number of ether oxygens (including phenoxy) is 1. The number of rotatable bonds is 1. The van der Waals surface area contributed by atoms with E-state index in [1.54, 1.807) is 45.0 Å². The third-order valence-corrected chi connectivity index (χ3v) is 2.66. The van der Waals surface area contributed by atoms with Crippen molar-refractivity contribution in [2.75, 3.05) is 0 Å². The first-order chi connectivity index (χ1) is 8.29. The van der Waals surface area contributed by atoms with Gasteiger partial charge in [0.25, 0.3) is 0 Å². The van der Waals surface area contributed by atoms with Crippen molar-refractivity contribution in [3.8, 4) is 0 Å². The molecule has 0 aliphatic rings. The molecule has 0 heterocycles. The highest BCUT2D eigenvalue weighted by Gasteiger charge is 2.18. The van der Waals surface area contributed by atoms with Crippen LogP contribution in [0.3, 0.4) is 0 Å². The molecule has 1 aromatic carbocycles. The Morgan fingerprint density at radius 2 is 1.83 bits per heavy atom. The molecule has 0 unspecified atom stereocenters. The van der Waals surface area contributed by atoms with E-state index in [9.17, 15) is 9.59 Å². The molecule has 0 fully saturated rings. The Bertz CT molecular complexity index is 454. The number of nitrogens with one attached hydrogen (secondary N) is 1. The van der Waals surface area contributed by atoms with Gasteiger partial charge in [0, 0.05) is 3.57 Å². The molecule has 0 radical (unpaired) electrons. The fourth-order valence-corrected chi connectivity index (χ4v) is 1.68. The van der Waals surface area contributed by atoms with Gasteiger partial charge >= 0.3 is 12.1 Å². The SMILES string of the molecule is CC(C)(C)OC(=O)NOC(=O)c1ccccc1I. The Hall–Kier alpha value is -1.31. The summed E-state index contributed by atoms with van der Waals surface area (Å²) in [6, 6.07) is 6.90. The average molecular weight is 363 g/mol. The Kier molecular flexibility index (Phi) is 4.94. The standard InChI is InChI=1S/C12H14INO4/c1-12(2,3)17-11(16)14-18-10(15)8-6-4-5-7-9(8)13/h4-7H,1-3H3,(H,14,16). The van der Waals surface area contributed by atoms with E-state index >= 15 is 0 Å². The molecule has 0 saturated heterocycles. The Labute approximate surface area is 119 Å². The minimum Gasteiger partial charge on any atom is -0.442 e. The van der Waals surface area contributed by atoms with Crippen LogP contribution in [0.15, 0.2) is 24.3 Å². The zero-order chi connectivity index (χ0) is 13.8. The van der Waals surface area contributed by atoms with Gasteiger partial charge in [-0.3, -0.25) is 0 Å². The van der Waals surface area contributed by atoms with Crippen LogP contribution in [0.2, 0.25) is 0 Å². The molecule has 0 atom stereocenters. The highest BCUT2D eigenvalue weighted by Crippen LogP contribution is 2.12. The number of carbonyl (C=O) groups is 2. The third-order valence-electron chi connectivity index (χ3n) is 1.72. The molecular formula is C12H14INO4. The van der Waals surface area contributed by atoms with Crippen LogP contribution < -0.4 is 5.48 Å². The zero-order valence-corrected chi connectivity index (χ0v) is 12.5. The smallest absolute Gasteiger partial charge is 0.441 e. The van der Waals surface area contributed by atoms with Crippen LogP contribution >= 0.6 is 22.6 Å². The van der Waals surface area contributed by atoms with Gasteiger partial charge < -0.3 is 9.57 Å². The van der Waals surface area contributed by atoms with Crippen LogP contribution in [0.25, 0.3) is 0 Å². The van der Waals surface area contributed by atoms with Gasteiger partial charge in [-0.25, -0.2) is 9.59 Å². The van der Waals surface area contributed by atoms with Gasteiger partial charge in [-0.2, -0.15) is 0 Å². The summed E-state index contributed by atoms with van der Waals surface area (Å²) in [7, 11) is 0. The molecule has 0 aliphatic carbocycles. The molecule has 18 heavy (non-hydrogen) atoms. The lowest BCUT2D eigenvalue weighted by atomic mass is 10.2. The quantitative estimate of drug-likeness (QED) is 0.616. The molecule has 1 N–H and O–H groups in total. The normalized spacial score (nSPS) is 10.7. The van der Waals surface area contributed by atoms with Gasteiger partial charge in [-0.1, -0.05) is 12.1 Å². The van der Waals surface area contributed by atoms with Gasteiger partial charge in [0.05, 0.1) is 5.56 Å². The van der Waals surface area contributed by atoms with Crippen molar-refractivity contribution < 1.29 is 19.2 Å². The minimum atomic E-state index is -0.804. The van der Waals surface area contributed by atoms with E-state index in [1.165, 1.54) is 0 Å². The summed E-state index contributed by atoms with van der Waals surface area (Å²) in [5.41, 5.74) is 1.69. The monoisotopic (exact) mass is 363 g/mol. The minimum absolute atomic E-state index is 0.383. The van der Waals surface area contributed by atoms with Crippen molar-refractivity contribution in [1.29, 1.82) is 0 Å². The second-order valence-electron chi connectivity index (χ2n) is 4.47. The van der Waals surface area contributed by atoms with Crippen molar-refractivity contribution in [3.63, 3.8) is 0 Å². The number of halogens is 1. The lowest BCUT2D eigenvalue weighted by Gasteiger charge is -2.19. The zero-order valence-electron chi connectivity index (χ0n) is 10.3. The summed E-state index contributed by atoms with van der Waals surface area (Å²) in [6.45, 7) is 5.15. The average Bonchev–Trinajstić information content (AvgIpc) is 2.24. The molecular weight excluding hydrogens is 349 g/mol. The summed E-state index contributed by atoms with van der Waals surface area (Å²) in [4.78, 5) is 27.6. The third kappa shape index (κ3) is 4.91. The maximum absolute atomic E-state index is 11.6. The molecule has 6 heteroatoms. The van der Waals surface area contributed by atoms with Crippen LogP contribution in [0.1, 0.15) is 31.1 Å². The molecule has 0 spiro atoms. The molecule has 1 aromatic rings. The highest BCUT2D eigenvalue weighted by atomic mass is 127. The van der Waals surface area contributed by atoms with E-state index in [4.69, 9.17) is 4.74 Å². The van der Waals surface area contributed by atoms with Gasteiger partial charge in [-0.05, 0) is 55.5 Å². The topological polar surface area (TPSA) is 64.6 Å². The number of benzene rings is 1. The first kappa shape index (κ1) is 14.7. The van der Waals surface area contributed by atoms with E-state index in [1.807, 2.05) is 28.1 Å². The van der Waals surface area contributed by atoms with E-state index in [2.05, 4.69) is 4.84 Å². The molecule has 0 aliphatic heterocycles. The van der Waals surface area contributed by atoms with Crippen LogP contribution in [0, 0.1) is 3.57 Å². The van der Waals surface area contributed by atoms with Crippen molar-refractivity contribution in [2.24, 2.45) is 0 Å². The van der Waals surface area contributed by atoms with Crippen LogP contribution in [-0.2, 0) is 9.57 Å². The molecule has 0 saturated carbocycles. The van der Waals surface area contributed by atoms with Crippen LogP contribution in [0.4, 0.5) is 4.79 Å². The second-order valence-corrected chi connectivity index (χ2v) is 5.64. The van der Waals surface area contributed by atoms with Crippen molar-refractivity contribution in [3.05, 3.63) is 33.4 Å². The summed E-state index contributed by atoms with van der Waals surface area (Å²) in [6.07, 6.45) is -0.804. The molecule has 0 aromatic heterocycles. The molecule has 0 bridgehead atoms.